The molecule has 1 aliphatic carbocycles. The Balaban J connectivity index is 1.80. The molecule has 0 aliphatic heterocycles. The number of rotatable bonds is 4. The van der Waals surface area contributed by atoms with Crippen molar-refractivity contribution >= 4 is 10.9 Å². The number of fused-ring (bicyclic) bond motifs is 1. The van der Waals surface area contributed by atoms with Gasteiger partial charge in [0.2, 0.25) is 0 Å². The molecular formula is C15H21N3O. The maximum atomic E-state index is 6.04. The van der Waals surface area contributed by atoms with Crippen LogP contribution in [0.5, 0.6) is 0 Å². The molecule has 4 nitrogen and oxygen atoms in total. The number of ether oxygens (including phenoxy) is 1. The van der Waals surface area contributed by atoms with Crippen molar-refractivity contribution in [3.63, 3.8) is 0 Å². The number of hydrogen-bond donors (Lipinski definition) is 1. The molecule has 0 radical (unpaired) electrons. The summed E-state index contributed by atoms with van der Waals surface area (Å²) in [5.74, 6) is 0. The number of benzene rings is 1. The molecule has 1 aliphatic rings. The zero-order chi connectivity index (χ0) is 13.2. The van der Waals surface area contributed by atoms with Crippen LogP contribution in [0.25, 0.3) is 10.9 Å². The maximum absolute atomic E-state index is 6.04. The molecule has 0 bridgehead atoms. The number of aromatic nitrogens is 2. The lowest BCUT2D eigenvalue weighted by Gasteiger charge is -2.15. The molecule has 1 heterocycles. The fourth-order valence-corrected chi connectivity index (χ4v) is 2.89. The Labute approximate surface area is 113 Å². The van der Waals surface area contributed by atoms with Crippen LogP contribution in [-0.2, 0) is 17.9 Å². The minimum absolute atomic E-state index is 0.194. The quantitative estimate of drug-likeness (QED) is 0.917. The van der Waals surface area contributed by atoms with Crippen LogP contribution in [0.3, 0.4) is 0 Å². The van der Waals surface area contributed by atoms with Gasteiger partial charge < -0.3 is 10.5 Å². The molecule has 1 aromatic heterocycles. The van der Waals surface area contributed by atoms with Gasteiger partial charge in [-0.15, -0.1) is 0 Å². The van der Waals surface area contributed by atoms with Crippen molar-refractivity contribution in [2.24, 2.45) is 5.73 Å². The zero-order valence-corrected chi connectivity index (χ0v) is 11.4. The molecule has 0 saturated heterocycles. The van der Waals surface area contributed by atoms with Gasteiger partial charge in [-0.1, -0.05) is 18.2 Å². The average Bonchev–Trinajstić information content (AvgIpc) is 3.00. The zero-order valence-electron chi connectivity index (χ0n) is 11.4. The van der Waals surface area contributed by atoms with Crippen LogP contribution in [0.15, 0.2) is 24.3 Å². The van der Waals surface area contributed by atoms with E-state index in [-0.39, 0.29) is 12.1 Å². The summed E-state index contributed by atoms with van der Waals surface area (Å²) in [5, 5.41) is 5.84. The molecule has 2 N–H and O–H groups in total. The van der Waals surface area contributed by atoms with Crippen LogP contribution < -0.4 is 5.73 Å². The summed E-state index contributed by atoms with van der Waals surface area (Å²) >= 11 is 0. The van der Waals surface area contributed by atoms with Crippen LogP contribution in [0.4, 0.5) is 0 Å². The second-order valence-corrected chi connectivity index (χ2v) is 5.22. The SMILES string of the molecule is CCn1nc(COC2CCCC2N)c2ccccc21. The third-order valence-corrected chi connectivity index (χ3v) is 3.97. The van der Waals surface area contributed by atoms with E-state index in [2.05, 4.69) is 30.2 Å². The van der Waals surface area contributed by atoms with E-state index in [1.54, 1.807) is 0 Å². The topological polar surface area (TPSA) is 53.1 Å². The van der Waals surface area contributed by atoms with Crippen molar-refractivity contribution in [3.05, 3.63) is 30.0 Å². The molecule has 2 atom stereocenters. The fraction of sp³-hybridized carbons (Fsp3) is 0.533. The van der Waals surface area contributed by atoms with E-state index in [0.29, 0.717) is 6.61 Å². The highest BCUT2D eigenvalue weighted by Gasteiger charge is 2.25. The van der Waals surface area contributed by atoms with Crippen molar-refractivity contribution in [2.45, 2.75) is 51.5 Å². The predicted octanol–water partition coefficient (Wildman–Crippen LogP) is 2.45. The normalized spacial score (nSPS) is 23.3. The van der Waals surface area contributed by atoms with Crippen LogP contribution in [0, 0.1) is 0 Å². The van der Waals surface area contributed by atoms with Crippen molar-refractivity contribution in [1.82, 2.24) is 9.78 Å². The summed E-state index contributed by atoms with van der Waals surface area (Å²) < 4.78 is 8.00. The first-order chi connectivity index (χ1) is 9.29. The number of nitrogens with zero attached hydrogens (tertiary/aromatic N) is 2. The smallest absolute Gasteiger partial charge is 0.0960 e. The van der Waals surface area contributed by atoms with E-state index in [1.807, 2.05) is 10.7 Å². The lowest BCUT2D eigenvalue weighted by Crippen LogP contribution is -2.31. The summed E-state index contributed by atoms with van der Waals surface area (Å²) in [6.45, 7) is 3.55. The second-order valence-electron chi connectivity index (χ2n) is 5.22. The Morgan fingerprint density at radius 2 is 2.21 bits per heavy atom. The van der Waals surface area contributed by atoms with Crippen LogP contribution in [-0.4, -0.2) is 21.9 Å². The van der Waals surface area contributed by atoms with Crippen LogP contribution in [0.2, 0.25) is 0 Å². The first-order valence-corrected chi connectivity index (χ1v) is 7.11. The van der Waals surface area contributed by atoms with Gasteiger partial charge in [0.05, 0.1) is 23.9 Å². The van der Waals surface area contributed by atoms with Gasteiger partial charge in [-0.3, -0.25) is 4.68 Å². The standard InChI is InChI=1S/C15H21N3O/c1-2-18-14-8-4-3-6-11(14)13(17-18)10-19-15-9-5-7-12(15)16/h3-4,6,8,12,15H,2,5,7,9-10,16H2,1H3. The molecule has 1 aromatic carbocycles. The first kappa shape index (κ1) is 12.6. The molecule has 19 heavy (non-hydrogen) atoms. The highest BCUT2D eigenvalue weighted by atomic mass is 16.5. The Kier molecular flexibility index (Phi) is 3.53. The highest BCUT2D eigenvalue weighted by molar-refractivity contribution is 5.81. The van der Waals surface area contributed by atoms with E-state index >= 15 is 0 Å². The third-order valence-electron chi connectivity index (χ3n) is 3.97. The summed E-state index contributed by atoms with van der Waals surface area (Å²) in [7, 11) is 0. The van der Waals surface area contributed by atoms with Gasteiger partial charge in [-0.05, 0) is 32.3 Å². The minimum atomic E-state index is 0.194. The van der Waals surface area contributed by atoms with Gasteiger partial charge >= 0.3 is 0 Å². The predicted molar refractivity (Wildman–Crippen MR) is 75.8 cm³/mol. The number of hydrogen-bond acceptors (Lipinski definition) is 3. The van der Waals surface area contributed by atoms with E-state index in [9.17, 15) is 0 Å². The lowest BCUT2D eigenvalue weighted by atomic mass is 10.2. The van der Waals surface area contributed by atoms with Gasteiger partial charge in [0, 0.05) is 18.0 Å². The number of nitrogens with two attached hydrogens (primary N) is 1. The van der Waals surface area contributed by atoms with Gasteiger partial charge in [-0.2, -0.15) is 5.10 Å². The van der Waals surface area contributed by atoms with Gasteiger partial charge in [0.15, 0.2) is 0 Å². The Hall–Kier alpha value is -1.39. The largest absolute Gasteiger partial charge is 0.370 e. The summed E-state index contributed by atoms with van der Waals surface area (Å²) in [6.07, 6.45) is 3.53. The van der Waals surface area contributed by atoms with Gasteiger partial charge in [-0.25, -0.2) is 0 Å². The van der Waals surface area contributed by atoms with E-state index in [4.69, 9.17) is 10.5 Å². The maximum Gasteiger partial charge on any atom is 0.0960 e. The highest BCUT2D eigenvalue weighted by Crippen LogP contribution is 2.24. The minimum Gasteiger partial charge on any atom is -0.370 e. The summed E-state index contributed by atoms with van der Waals surface area (Å²) in [6, 6.07) is 8.51. The molecule has 102 valence electrons. The molecule has 3 rings (SSSR count). The summed E-state index contributed by atoms with van der Waals surface area (Å²) in [5.41, 5.74) is 8.24. The molecular weight excluding hydrogens is 238 g/mol. The van der Waals surface area contributed by atoms with Gasteiger partial charge in [0.1, 0.15) is 0 Å². The van der Waals surface area contributed by atoms with Crippen molar-refractivity contribution in [2.75, 3.05) is 0 Å². The molecule has 0 spiro atoms. The molecule has 1 saturated carbocycles. The Bertz CT molecular complexity index is 564. The van der Waals surface area contributed by atoms with E-state index < -0.39 is 0 Å². The fourth-order valence-electron chi connectivity index (χ4n) is 2.89. The van der Waals surface area contributed by atoms with Crippen molar-refractivity contribution in [3.8, 4) is 0 Å². The Morgan fingerprint density at radius 3 is 2.95 bits per heavy atom. The first-order valence-electron chi connectivity index (χ1n) is 7.11. The van der Waals surface area contributed by atoms with E-state index in [0.717, 1.165) is 25.1 Å². The summed E-state index contributed by atoms with van der Waals surface area (Å²) in [4.78, 5) is 0. The molecule has 1 fully saturated rings. The molecule has 4 heteroatoms. The van der Waals surface area contributed by atoms with E-state index in [1.165, 1.54) is 17.3 Å². The number of aryl methyl sites for hydroxylation is 1. The van der Waals surface area contributed by atoms with Crippen molar-refractivity contribution in [1.29, 1.82) is 0 Å². The van der Waals surface area contributed by atoms with Crippen molar-refractivity contribution < 1.29 is 4.74 Å². The third kappa shape index (κ3) is 2.38. The lowest BCUT2D eigenvalue weighted by molar-refractivity contribution is 0.0342. The van der Waals surface area contributed by atoms with Crippen LogP contribution >= 0.6 is 0 Å². The number of para-hydroxylation sites is 1. The second kappa shape index (κ2) is 5.31. The molecule has 2 unspecified atom stereocenters. The average molecular weight is 259 g/mol. The van der Waals surface area contributed by atoms with Crippen LogP contribution in [0.1, 0.15) is 31.9 Å². The Morgan fingerprint density at radius 1 is 1.37 bits per heavy atom. The monoisotopic (exact) mass is 259 g/mol. The van der Waals surface area contributed by atoms with Gasteiger partial charge in [0.25, 0.3) is 0 Å². The molecule has 0 amide bonds. The molecule has 2 aromatic rings.